The van der Waals surface area contributed by atoms with Gasteiger partial charge >= 0.3 is 0 Å². The minimum Gasteiger partial charge on any atom is -0.493 e. The number of benzene rings is 1. The van der Waals surface area contributed by atoms with Gasteiger partial charge in [-0.25, -0.2) is 0 Å². The number of allylic oxidation sites excluding steroid dienone is 4. The Morgan fingerprint density at radius 1 is 1.03 bits per heavy atom. The van der Waals surface area contributed by atoms with Crippen molar-refractivity contribution in [2.75, 3.05) is 20.3 Å². The van der Waals surface area contributed by atoms with Gasteiger partial charge in [0.1, 0.15) is 0 Å². The number of carbonyl (C=O) groups excluding carboxylic acids is 3. The predicted molar refractivity (Wildman–Crippen MR) is 143 cm³/mol. The second-order valence-corrected chi connectivity index (χ2v) is 12.4. The first-order chi connectivity index (χ1) is 17.3. The van der Waals surface area contributed by atoms with Crippen molar-refractivity contribution in [1.82, 2.24) is 4.90 Å². The molecule has 0 aromatic heterocycles. The highest BCUT2D eigenvalue weighted by Crippen LogP contribution is 2.55. The number of nitrogens with zero attached hydrogens (tertiary/aromatic N) is 1. The van der Waals surface area contributed by atoms with Gasteiger partial charge < -0.3 is 20.1 Å². The Hall–Kier alpha value is -2.80. The van der Waals surface area contributed by atoms with Gasteiger partial charge in [-0.05, 0) is 47.8 Å². The van der Waals surface area contributed by atoms with Gasteiger partial charge in [0.05, 0.1) is 12.1 Å². The molecular weight excluding hydrogens is 492 g/mol. The van der Waals surface area contributed by atoms with E-state index in [2.05, 4.69) is 39.5 Å². The molecule has 0 atom stereocenters. The van der Waals surface area contributed by atoms with Crippen molar-refractivity contribution < 1.29 is 23.9 Å². The summed E-state index contributed by atoms with van der Waals surface area (Å²) >= 11 is 6.64. The second kappa shape index (κ2) is 9.82. The van der Waals surface area contributed by atoms with Crippen LogP contribution in [0.3, 0.4) is 0 Å². The number of halogens is 1. The fraction of sp³-hybridized carbons (Fsp3) is 0.552. The lowest BCUT2D eigenvalue weighted by atomic mass is 9.63. The van der Waals surface area contributed by atoms with Gasteiger partial charge in [-0.2, -0.15) is 0 Å². The Labute approximate surface area is 224 Å². The highest BCUT2D eigenvalue weighted by atomic mass is 35.5. The average molecular weight is 529 g/mol. The highest BCUT2D eigenvalue weighted by Gasteiger charge is 2.49. The topological polar surface area (TPSA) is 98.9 Å². The first kappa shape index (κ1) is 27.2. The van der Waals surface area contributed by atoms with Crippen LogP contribution in [0.4, 0.5) is 0 Å². The van der Waals surface area contributed by atoms with Gasteiger partial charge in [0.25, 0.3) is 5.91 Å². The monoisotopic (exact) mass is 528 g/mol. The van der Waals surface area contributed by atoms with Crippen LogP contribution in [0.15, 0.2) is 34.7 Å². The van der Waals surface area contributed by atoms with Gasteiger partial charge in [0.15, 0.2) is 29.7 Å². The summed E-state index contributed by atoms with van der Waals surface area (Å²) in [5, 5.41) is 0.225. The van der Waals surface area contributed by atoms with E-state index < -0.39 is 11.8 Å². The van der Waals surface area contributed by atoms with Crippen LogP contribution in [-0.2, 0) is 14.4 Å². The SMILES string of the molecule is CCCN1C2=C(C(=O)CC(C)(C)C2)C(c2cc(Cl)c(OCC(N)=O)c(OC)c2)C2=C1CC(C)(C)CC2=O. The average Bonchev–Trinajstić information content (AvgIpc) is 2.77. The summed E-state index contributed by atoms with van der Waals surface area (Å²) in [6.07, 6.45) is 3.22. The van der Waals surface area contributed by atoms with Gasteiger partial charge in [0.2, 0.25) is 0 Å². The molecule has 0 spiro atoms. The molecule has 0 saturated heterocycles. The number of amides is 1. The molecule has 1 aromatic carbocycles. The lowest BCUT2D eigenvalue weighted by Gasteiger charge is -2.49. The predicted octanol–water partition coefficient (Wildman–Crippen LogP) is 5.31. The summed E-state index contributed by atoms with van der Waals surface area (Å²) in [7, 11) is 1.48. The van der Waals surface area contributed by atoms with E-state index in [1.807, 2.05) is 0 Å². The summed E-state index contributed by atoms with van der Waals surface area (Å²) in [6.45, 7) is 11.0. The molecule has 0 saturated carbocycles. The minimum absolute atomic E-state index is 0.0608. The fourth-order valence-electron chi connectivity index (χ4n) is 6.06. The smallest absolute Gasteiger partial charge is 0.255 e. The molecule has 0 fully saturated rings. The normalized spacial score (nSPS) is 21.1. The molecule has 1 heterocycles. The van der Waals surface area contributed by atoms with Crippen LogP contribution in [0.2, 0.25) is 5.02 Å². The first-order valence-electron chi connectivity index (χ1n) is 12.9. The molecule has 0 unspecified atom stereocenters. The molecule has 2 aliphatic carbocycles. The molecular formula is C29H37ClN2O5. The Kier molecular flexibility index (Phi) is 7.23. The van der Waals surface area contributed by atoms with Gasteiger partial charge in [-0.15, -0.1) is 0 Å². The van der Waals surface area contributed by atoms with E-state index in [1.165, 1.54) is 7.11 Å². The van der Waals surface area contributed by atoms with E-state index in [9.17, 15) is 14.4 Å². The van der Waals surface area contributed by atoms with Gasteiger partial charge in [0, 0.05) is 47.8 Å². The molecule has 1 amide bonds. The lowest BCUT2D eigenvalue weighted by molar-refractivity contribution is -0.121. The molecule has 3 aliphatic rings. The highest BCUT2D eigenvalue weighted by molar-refractivity contribution is 6.32. The Bertz CT molecular complexity index is 1170. The van der Waals surface area contributed by atoms with Gasteiger partial charge in [-0.3, -0.25) is 14.4 Å². The maximum atomic E-state index is 13.8. The van der Waals surface area contributed by atoms with E-state index in [-0.39, 0.29) is 39.8 Å². The number of ether oxygens (including phenoxy) is 2. The largest absolute Gasteiger partial charge is 0.493 e. The zero-order valence-corrected chi connectivity index (χ0v) is 23.4. The third-order valence-electron chi connectivity index (χ3n) is 7.41. The summed E-state index contributed by atoms with van der Waals surface area (Å²) in [6, 6.07) is 3.48. The first-order valence-corrected chi connectivity index (χ1v) is 13.2. The fourth-order valence-corrected chi connectivity index (χ4v) is 6.34. The van der Waals surface area contributed by atoms with Crippen LogP contribution in [0.1, 0.15) is 78.2 Å². The molecule has 37 heavy (non-hydrogen) atoms. The van der Waals surface area contributed by atoms with E-state index in [4.69, 9.17) is 26.8 Å². The maximum absolute atomic E-state index is 13.8. The van der Waals surface area contributed by atoms with Crippen molar-refractivity contribution in [3.63, 3.8) is 0 Å². The van der Waals surface area contributed by atoms with E-state index in [0.717, 1.165) is 37.2 Å². The number of ketones is 2. The van der Waals surface area contributed by atoms with Crippen LogP contribution in [-0.4, -0.2) is 42.6 Å². The molecule has 7 nitrogen and oxygen atoms in total. The van der Waals surface area contributed by atoms with E-state index in [1.54, 1.807) is 12.1 Å². The van der Waals surface area contributed by atoms with Crippen molar-refractivity contribution in [3.05, 3.63) is 45.3 Å². The van der Waals surface area contributed by atoms with E-state index in [0.29, 0.717) is 35.3 Å². The Balaban J connectivity index is 1.97. The number of Topliss-reactive ketones (excluding diaryl/α,β-unsaturated/α-hetero) is 2. The summed E-state index contributed by atoms with van der Waals surface area (Å²) < 4.78 is 11.1. The van der Waals surface area contributed by atoms with Crippen LogP contribution < -0.4 is 15.2 Å². The van der Waals surface area contributed by atoms with Crippen molar-refractivity contribution in [1.29, 1.82) is 0 Å². The van der Waals surface area contributed by atoms with Crippen LogP contribution in [0.25, 0.3) is 0 Å². The standard InChI is InChI=1S/C29H37ClN2O5/c1-7-8-32-18-11-28(2,3)13-20(33)25(18)24(26-19(32)12-29(4,5)14-21(26)34)16-9-17(30)27(22(10-16)36-6)37-15-23(31)35/h9-10,24H,7-8,11-15H2,1-6H3,(H2,31,35). The number of primary amides is 1. The molecule has 1 aromatic rings. The van der Waals surface area contributed by atoms with Crippen LogP contribution in [0.5, 0.6) is 11.5 Å². The third-order valence-corrected chi connectivity index (χ3v) is 7.69. The molecule has 2 N–H and O–H groups in total. The molecule has 1 aliphatic heterocycles. The third kappa shape index (κ3) is 5.15. The van der Waals surface area contributed by atoms with Crippen molar-refractivity contribution in [3.8, 4) is 11.5 Å². The number of hydrogen-bond acceptors (Lipinski definition) is 6. The van der Waals surface area contributed by atoms with Gasteiger partial charge in [-0.1, -0.05) is 46.2 Å². The number of rotatable bonds is 7. The minimum atomic E-state index is -0.638. The van der Waals surface area contributed by atoms with Crippen molar-refractivity contribution >= 4 is 29.1 Å². The zero-order valence-electron chi connectivity index (χ0n) is 22.6. The quantitative estimate of drug-likeness (QED) is 0.515. The van der Waals surface area contributed by atoms with Crippen LogP contribution in [0, 0.1) is 10.8 Å². The number of methoxy groups -OCH3 is 1. The summed E-state index contributed by atoms with van der Waals surface area (Å²) in [5.74, 6) is -0.541. The molecule has 200 valence electrons. The molecule has 0 bridgehead atoms. The maximum Gasteiger partial charge on any atom is 0.255 e. The number of nitrogens with two attached hydrogens (primary N) is 1. The van der Waals surface area contributed by atoms with E-state index >= 15 is 0 Å². The van der Waals surface area contributed by atoms with Crippen LogP contribution >= 0.6 is 11.6 Å². The number of carbonyl (C=O) groups is 3. The van der Waals surface area contributed by atoms with Crippen molar-refractivity contribution in [2.45, 2.75) is 72.6 Å². The summed E-state index contributed by atoms with van der Waals surface area (Å²) in [4.78, 5) is 41.2. The number of hydrogen-bond donors (Lipinski definition) is 1. The Morgan fingerprint density at radius 2 is 1.57 bits per heavy atom. The lowest BCUT2D eigenvalue weighted by Crippen LogP contribution is -2.44. The molecule has 0 radical (unpaired) electrons. The Morgan fingerprint density at radius 3 is 2.03 bits per heavy atom. The van der Waals surface area contributed by atoms with Crippen molar-refractivity contribution in [2.24, 2.45) is 16.6 Å². The summed E-state index contributed by atoms with van der Waals surface area (Å²) in [5.41, 5.74) is 8.99. The zero-order chi connectivity index (χ0) is 27.3. The second-order valence-electron chi connectivity index (χ2n) is 12.0. The molecule has 8 heteroatoms. The molecule has 4 rings (SSSR count).